The number of hydrogen-bond acceptors (Lipinski definition) is 6. The van der Waals surface area contributed by atoms with Crippen LogP contribution in [0.25, 0.3) is 0 Å². The van der Waals surface area contributed by atoms with E-state index in [1.54, 1.807) is 17.0 Å². The van der Waals surface area contributed by atoms with Crippen LogP contribution >= 0.6 is 15.9 Å². The third-order valence-electron chi connectivity index (χ3n) is 4.57. The summed E-state index contributed by atoms with van der Waals surface area (Å²) in [4.78, 5) is 23.8. The normalized spacial score (nSPS) is 21.2. The number of unbranched alkanes of at least 4 members (excludes halogenated alkanes) is 1. The molecule has 3 heterocycles. The van der Waals surface area contributed by atoms with Crippen molar-refractivity contribution in [1.29, 1.82) is 0 Å². The van der Waals surface area contributed by atoms with E-state index in [1.165, 1.54) is 4.68 Å². The Bertz CT molecular complexity index is 863. The molecule has 0 saturated carbocycles. The number of rotatable bonds is 5. The standard InChI is InChI=1S/C17H19BrN6O2/c1-2-3-8-23-14-13(20-16(18)21-14)15-19-12(22-24(15)17(23)26)9-10-4-6-11(25)7-5-10/h4-7,13-14,25H,2-3,8-9H2,1H3,(H,20,21). The average molecular weight is 419 g/mol. The second kappa shape index (κ2) is 6.71. The lowest BCUT2D eigenvalue weighted by Crippen LogP contribution is -2.51. The lowest BCUT2D eigenvalue weighted by atomic mass is 10.1. The van der Waals surface area contributed by atoms with Gasteiger partial charge in [-0.15, -0.1) is 5.10 Å². The van der Waals surface area contributed by atoms with Gasteiger partial charge in [0.15, 0.2) is 22.6 Å². The molecular formula is C17H19BrN6O2. The van der Waals surface area contributed by atoms with Gasteiger partial charge in [-0.05, 0) is 40.0 Å². The van der Waals surface area contributed by atoms with Gasteiger partial charge in [0, 0.05) is 13.0 Å². The van der Waals surface area contributed by atoms with Crippen molar-refractivity contribution in [2.75, 3.05) is 6.54 Å². The first-order chi connectivity index (χ1) is 12.6. The third kappa shape index (κ3) is 2.96. The molecule has 1 amide bonds. The SMILES string of the molecule is CCCCN1C(=O)n2nc(Cc3ccc(O)cc3)nc2C2NC(Br)=NC21. The van der Waals surface area contributed by atoms with Gasteiger partial charge in [-0.3, -0.25) is 4.90 Å². The summed E-state index contributed by atoms with van der Waals surface area (Å²) < 4.78 is 2.01. The van der Waals surface area contributed by atoms with Crippen LogP contribution in [0.5, 0.6) is 5.75 Å². The van der Waals surface area contributed by atoms with Crippen LogP contribution in [0, 0.1) is 0 Å². The Labute approximate surface area is 159 Å². The Hall–Kier alpha value is -2.42. The fraction of sp³-hybridized carbons (Fsp3) is 0.412. The number of aliphatic imine (C=N–C) groups is 1. The molecule has 0 aliphatic carbocycles. The number of amides is 1. The van der Waals surface area contributed by atoms with E-state index in [0.717, 1.165) is 18.4 Å². The van der Waals surface area contributed by atoms with E-state index in [2.05, 4.69) is 43.2 Å². The largest absolute Gasteiger partial charge is 0.508 e. The van der Waals surface area contributed by atoms with Crippen LogP contribution in [0.2, 0.25) is 0 Å². The first kappa shape index (κ1) is 17.0. The van der Waals surface area contributed by atoms with Crippen LogP contribution in [-0.2, 0) is 6.42 Å². The van der Waals surface area contributed by atoms with Crippen LogP contribution in [0.4, 0.5) is 4.79 Å². The van der Waals surface area contributed by atoms with Crippen molar-refractivity contribution in [3.05, 3.63) is 41.5 Å². The van der Waals surface area contributed by atoms with Crippen molar-refractivity contribution in [3.63, 3.8) is 0 Å². The zero-order chi connectivity index (χ0) is 18.3. The Morgan fingerprint density at radius 3 is 2.81 bits per heavy atom. The van der Waals surface area contributed by atoms with Gasteiger partial charge in [0.2, 0.25) is 0 Å². The first-order valence-corrected chi connectivity index (χ1v) is 9.40. The van der Waals surface area contributed by atoms with Crippen molar-refractivity contribution in [3.8, 4) is 5.75 Å². The highest BCUT2D eigenvalue weighted by molar-refractivity contribution is 9.18. The fourth-order valence-corrected chi connectivity index (χ4v) is 3.71. The van der Waals surface area contributed by atoms with Gasteiger partial charge in [0.25, 0.3) is 0 Å². The smallest absolute Gasteiger partial charge is 0.348 e. The molecule has 2 aliphatic heterocycles. The number of phenols is 1. The van der Waals surface area contributed by atoms with Crippen LogP contribution < -0.4 is 5.32 Å². The van der Waals surface area contributed by atoms with Crippen LogP contribution in [0.1, 0.15) is 43.0 Å². The molecule has 4 rings (SSSR count). The summed E-state index contributed by atoms with van der Waals surface area (Å²) in [7, 11) is 0. The van der Waals surface area contributed by atoms with Gasteiger partial charge in [-0.2, -0.15) is 4.68 Å². The lowest BCUT2D eigenvalue weighted by molar-refractivity contribution is 0.146. The number of fused-ring (bicyclic) bond motifs is 3. The Morgan fingerprint density at radius 1 is 1.31 bits per heavy atom. The molecule has 2 atom stereocenters. The van der Waals surface area contributed by atoms with Crippen molar-refractivity contribution >= 4 is 26.7 Å². The van der Waals surface area contributed by atoms with Gasteiger partial charge in [-0.1, -0.05) is 25.5 Å². The summed E-state index contributed by atoms with van der Waals surface area (Å²) in [6.45, 7) is 2.73. The number of amidine groups is 1. The molecule has 1 aromatic heterocycles. The number of nitrogens with zero attached hydrogens (tertiary/aromatic N) is 5. The van der Waals surface area contributed by atoms with E-state index in [-0.39, 0.29) is 24.0 Å². The topological polar surface area (TPSA) is 95.6 Å². The number of benzene rings is 1. The fourth-order valence-electron chi connectivity index (χ4n) is 3.25. The molecule has 1 aromatic carbocycles. The summed E-state index contributed by atoms with van der Waals surface area (Å²) in [5.41, 5.74) is 0.967. The number of aromatic nitrogens is 3. The van der Waals surface area contributed by atoms with E-state index in [0.29, 0.717) is 29.4 Å². The maximum Gasteiger partial charge on any atom is 0.348 e. The number of phenolic OH excluding ortho intramolecular Hbond substituents is 1. The molecule has 0 bridgehead atoms. The summed E-state index contributed by atoms with van der Waals surface area (Å²) in [5, 5.41) is 17.1. The van der Waals surface area contributed by atoms with E-state index < -0.39 is 0 Å². The third-order valence-corrected chi connectivity index (χ3v) is 5.00. The summed E-state index contributed by atoms with van der Waals surface area (Å²) in [6.07, 6.45) is 2.09. The second-order valence-corrected chi connectivity index (χ2v) is 7.18. The number of hydrogen-bond donors (Lipinski definition) is 2. The van der Waals surface area contributed by atoms with Gasteiger partial charge >= 0.3 is 6.03 Å². The average Bonchev–Trinajstić information content (AvgIpc) is 3.20. The molecule has 136 valence electrons. The summed E-state index contributed by atoms with van der Waals surface area (Å²) in [6, 6.07) is 6.50. The Morgan fingerprint density at radius 2 is 2.08 bits per heavy atom. The first-order valence-electron chi connectivity index (χ1n) is 8.61. The van der Waals surface area contributed by atoms with Crippen LogP contribution in [0.3, 0.4) is 0 Å². The van der Waals surface area contributed by atoms with E-state index in [9.17, 15) is 9.90 Å². The minimum Gasteiger partial charge on any atom is -0.508 e. The number of carbonyl (C=O) groups is 1. The summed E-state index contributed by atoms with van der Waals surface area (Å²) >= 11 is 3.38. The number of carbonyl (C=O) groups excluding carboxylic acids is 1. The van der Waals surface area contributed by atoms with Gasteiger partial charge < -0.3 is 10.4 Å². The highest BCUT2D eigenvalue weighted by atomic mass is 79.9. The molecule has 0 spiro atoms. The molecular weight excluding hydrogens is 400 g/mol. The number of halogens is 1. The van der Waals surface area contributed by atoms with Gasteiger partial charge in [-0.25, -0.2) is 14.8 Å². The molecule has 2 N–H and O–H groups in total. The zero-order valence-corrected chi connectivity index (χ0v) is 15.8. The predicted octanol–water partition coefficient (Wildman–Crippen LogP) is 2.38. The Balaban J connectivity index is 1.65. The van der Waals surface area contributed by atoms with Crippen molar-refractivity contribution in [2.45, 2.75) is 38.4 Å². The van der Waals surface area contributed by atoms with Gasteiger partial charge in [0.05, 0.1) is 0 Å². The maximum atomic E-state index is 12.9. The molecule has 8 nitrogen and oxygen atoms in total. The minimum absolute atomic E-state index is 0.188. The van der Waals surface area contributed by atoms with Crippen LogP contribution in [0.15, 0.2) is 29.3 Å². The predicted molar refractivity (Wildman–Crippen MR) is 99.4 cm³/mol. The van der Waals surface area contributed by atoms with Crippen LogP contribution in [-0.4, -0.2) is 48.3 Å². The second-order valence-electron chi connectivity index (χ2n) is 6.43. The summed E-state index contributed by atoms with van der Waals surface area (Å²) in [5.74, 6) is 1.37. The van der Waals surface area contributed by atoms with E-state index >= 15 is 0 Å². The quantitative estimate of drug-likeness (QED) is 0.726. The van der Waals surface area contributed by atoms with Crippen molar-refractivity contribution in [1.82, 2.24) is 25.0 Å². The van der Waals surface area contributed by atoms with Gasteiger partial charge in [0.1, 0.15) is 11.8 Å². The zero-order valence-electron chi connectivity index (χ0n) is 14.3. The lowest BCUT2D eigenvalue weighted by Gasteiger charge is -2.34. The molecule has 2 unspecified atom stereocenters. The molecule has 9 heteroatoms. The minimum atomic E-state index is -0.304. The molecule has 2 aromatic rings. The monoisotopic (exact) mass is 418 g/mol. The van der Waals surface area contributed by atoms with E-state index in [4.69, 9.17) is 0 Å². The molecule has 2 aliphatic rings. The molecule has 0 radical (unpaired) electrons. The van der Waals surface area contributed by atoms with E-state index in [1.807, 2.05) is 12.1 Å². The number of aromatic hydroxyl groups is 1. The van der Waals surface area contributed by atoms with Crippen molar-refractivity contribution in [2.24, 2.45) is 4.99 Å². The maximum absolute atomic E-state index is 12.9. The Kier molecular flexibility index (Phi) is 4.39. The molecule has 0 fully saturated rings. The highest BCUT2D eigenvalue weighted by Crippen LogP contribution is 2.32. The molecule has 0 saturated heterocycles. The highest BCUT2D eigenvalue weighted by Gasteiger charge is 2.45. The van der Waals surface area contributed by atoms with Crippen molar-refractivity contribution < 1.29 is 9.90 Å². The number of nitrogens with one attached hydrogen (secondary N) is 1. The molecule has 26 heavy (non-hydrogen) atoms.